The van der Waals surface area contributed by atoms with Crippen molar-refractivity contribution < 1.29 is 19.1 Å². The second-order valence-corrected chi connectivity index (χ2v) is 8.01. The lowest BCUT2D eigenvalue weighted by Gasteiger charge is -2.06. The molecule has 0 atom stereocenters. The first kappa shape index (κ1) is 29.3. The van der Waals surface area contributed by atoms with Gasteiger partial charge in [0.25, 0.3) is 0 Å². The number of aromatic nitrogens is 4. The van der Waals surface area contributed by atoms with Gasteiger partial charge < -0.3 is 19.0 Å². The summed E-state index contributed by atoms with van der Waals surface area (Å²) in [6.07, 6.45) is 7.25. The molecule has 37 heavy (non-hydrogen) atoms. The molecule has 2 aromatic heterocycles. The van der Waals surface area contributed by atoms with Crippen molar-refractivity contribution in [2.24, 2.45) is 0 Å². The average molecular weight is 525 g/mol. The summed E-state index contributed by atoms with van der Waals surface area (Å²) >= 11 is 5.60. The summed E-state index contributed by atoms with van der Waals surface area (Å²) in [5, 5.41) is 0. The monoisotopic (exact) mass is 524 g/mol. The molecule has 0 unspecified atom stereocenters. The molecule has 0 spiro atoms. The fourth-order valence-corrected chi connectivity index (χ4v) is 3.19. The normalized spacial score (nSPS) is 9.86. The molecule has 0 bridgehead atoms. The standard InChI is InChI=1S/C14H16N2O2.C10H11ClO2.C4H6N2/c1-3-18-14(17)13-6-4-12(5-7-13)10-16-9-8-15-11(16)2;1-2-13-10(12)9-5-3-8(7-11)4-6-9;1-4-5-2-3-6-4/h4-9H,3,10H2,1-2H3;3-6H,2,7H2,1H3;2-3H,1H3,(H,5,6). The maximum absolute atomic E-state index is 11.5. The molecular weight excluding hydrogens is 492 g/mol. The van der Waals surface area contributed by atoms with Gasteiger partial charge in [-0.2, -0.15) is 0 Å². The smallest absolute Gasteiger partial charge is 0.338 e. The molecule has 9 heteroatoms. The van der Waals surface area contributed by atoms with Gasteiger partial charge >= 0.3 is 11.9 Å². The molecular formula is C28H33ClN4O4. The number of halogens is 1. The van der Waals surface area contributed by atoms with Crippen molar-refractivity contribution >= 4 is 23.5 Å². The van der Waals surface area contributed by atoms with Gasteiger partial charge in [0.15, 0.2) is 0 Å². The third-order valence-electron chi connectivity index (χ3n) is 5.00. The van der Waals surface area contributed by atoms with Gasteiger partial charge in [0.1, 0.15) is 11.6 Å². The van der Waals surface area contributed by atoms with E-state index >= 15 is 0 Å². The number of aryl methyl sites for hydroxylation is 2. The van der Waals surface area contributed by atoms with Crippen LogP contribution in [0.1, 0.15) is 57.3 Å². The summed E-state index contributed by atoms with van der Waals surface area (Å²) in [6.45, 7) is 9.02. The number of ether oxygens (including phenoxy) is 2. The molecule has 8 nitrogen and oxygen atoms in total. The number of H-pyrrole nitrogens is 1. The summed E-state index contributed by atoms with van der Waals surface area (Å²) in [5.41, 5.74) is 3.28. The Morgan fingerprint density at radius 2 is 1.38 bits per heavy atom. The zero-order valence-electron chi connectivity index (χ0n) is 21.6. The number of aromatic amines is 1. The highest BCUT2D eigenvalue weighted by molar-refractivity contribution is 6.17. The number of benzene rings is 2. The van der Waals surface area contributed by atoms with Crippen LogP contribution >= 0.6 is 11.6 Å². The first-order chi connectivity index (χ1) is 17.9. The van der Waals surface area contributed by atoms with E-state index in [1.807, 2.05) is 44.3 Å². The van der Waals surface area contributed by atoms with E-state index in [4.69, 9.17) is 21.1 Å². The minimum absolute atomic E-state index is 0.275. The number of carbonyl (C=O) groups excluding carboxylic acids is 2. The van der Waals surface area contributed by atoms with Crippen LogP contribution in [0.2, 0.25) is 0 Å². The Labute approximate surface area is 222 Å². The molecule has 0 amide bonds. The Morgan fingerprint density at radius 1 is 0.838 bits per heavy atom. The van der Waals surface area contributed by atoms with E-state index in [1.165, 1.54) is 0 Å². The summed E-state index contributed by atoms with van der Waals surface area (Å²) in [6, 6.07) is 14.5. The van der Waals surface area contributed by atoms with Crippen LogP contribution in [-0.2, 0) is 21.9 Å². The quantitative estimate of drug-likeness (QED) is 0.244. The first-order valence-corrected chi connectivity index (χ1v) is 12.4. The maximum atomic E-state index is 11.5. The SMILES string of the molecule is CCOC(=O)c1ccc(CCl)cc1.CCOC(=O)c1ccc(Cn2ccnc2C)cc1.Cc1ncc[nH]1. The lowest BCUT2D eigenvalue weighted by Crippen LogP contribution is -2.05. The second kappa shape index (κ2) is 16.0. The van der Waals surface area contributed by atoms with Crippen molar-refractivity contribution in [2.75, 3.05) is 13.2 Å². The molecule has 0 aliphatic rings. The van der Waals surface area contributed by atoms with Gasteiger partial charge in [-0.05, 0) is 63.1 Å². The molecule has 0 saturated carbocycles. The summed E-state index contributed by atoms with van der Waals surface area (Å²) in [7, 11) is 0. The number of rotatable bonds is 7. The number of imidazole rings is 2. The molecule has 0 radical (unpaired) electrons. The third kappa shape index (κ3) is 10.3. The Kier molecular flexibility index (Phi) is 12.6. The zero-order chi connectivity index (χ0) is 27.0. The van der Waals surface area contributed by atoms with Crippen LogP contribution in [-0.4, -0.2) is 44.7 Å². The molecule has 4 rings (SSSR count). The van der Waals surface area contributed by atoms with Gasteiger partial charge in [0.2, 0.25) is 0 Å². The van der Waals surface area contributed by atoms with Crippen LogP contribution in [0.3, 0.4) is 0 Å². The number of alkyl halides is 1. The maximum Gasteiger partial charge on any atom is 0.338 e. The van der Waals surface area contributed by atoms with E-state index in [-0.39, 0.29) is 11.9 Å². The highest BCUT2D eigenvalue weighted by atomic mass is 35.5. The van der Waals surface area contributed by atoms with Crippen LogP contribution in [0.5, 0.6) is 0 Å². The van der Waals surface area contributed by atoms with Crippen molar-refractivity contribution in [3.63, 3.8) is 0 Å². The van der Waals surface area contributed by atoms with Crippen LogP contribution in [0.4, 0.5) is 0 Å². The van der Waals surface area contributed by atoms with Crippen LogP contribution in [0.25, 0.3) is 0 Å². The van der Waals surface area contributed by atoms with Crippen molar-refractivity contribution in [1.82, 2.24) is 19.5 Å². The predicted molar refractivity (Wildman–Crippen MR) is 144 cm³/mol. The number of nitrogens with one attached hydrogen (secondary N) is 1. The van der Waals surface area contributed by atoms with Crippen molar-refractivity contribution in [2.45, 2.75) is 40.1 Å². The summed E-state index contributed by atoms with van der Waals surface area (Å²) < 4.78 is 11.8. The summed E-state index contributed by atoms with van der Waals surface area (Å²) in [4.78, 5) is 33.6. The van der Waals surface area contributed by atoms with Gasteiger partial charge in [0, 0.05) is 37.2 Å². The Balaban J connectivity index is 0.000000220. The van der Waals surface area contributed by atoms with Gasteiger partial charge in [-0.25, -0.2) is 19.6 Å². The minimum Gasteiger partial charge on any atom is -0.462 e. The fourth-order valence-electron chi connectivity index (χ4n) is 3.02. The van der Waals surface area contributed by atoms with Crippen LogP contribution in [0.15, 0.2) is 73.3 Å². The first-order valence-electron chi connectivity index (χ1n) is 11.9. The van der Waals surface area contributed by atoms with Gasteiger partial charge in [-0.1, -0.05) is 24.3 Å². The largest absolute Gasteiger partial charge is 0.462 e. The molecule has 4 aromatic rings. The van der Waals surface area contributed by atoms with Crippen molar-refractivity contribution in [1.29, 1.82) is 0 Å². The fraction of sp³-hybridized carbons (Fsp3) is 0.286. The van der Waals surface area contributed by atoms with Gasteiger partial charge in [-0.15, -0.1) is 11.6 Å². The molecule has 196 valence electrons. The van der Waals surface area contributed by atoms with Crippen molar-refractivity contribution in [3.05, 3.63) is 107 Å². The van der Waals surface area contributed by atoms with E-state index in [0.29, 0.717) is 30.2 Å². The Hall–Kier alpha value is -3.91. The average Bonchev–Trinajstić information content (AvgIpc) is 3.56. The molecule has 2 aromatic carbocycles. The number of hydrogen-bond acceptors (Lipinski definition) is 6. The number of nitrogens with zero attached hydrogens (tertiary/aromatic N) is 3. The van der Waals surface area contributed by atoms with E-state index in [0.717, 1.165) is 29.3 Å². The highest BCUT2D eigenvalue weighted by Gasteiger charge is 2.06. The van der Waals surface area contributed by atoms with E-state index in [2.05, 4.69) is 19.5 Å². The number of carbonyl (C=O) groups is 2. The third-order valence-corrected chi connectivity index (χ3v) is 5.30. The van der Waals surface area contributed by atoms with Gasteiger partial charge in [-0.3, -0.25) is 0 Å². The lowest BCUT2D eigenvalue weighted by molar-refractivity contribution is 0.0516. The Bertz CT molecular complexity index is 1200. The molecule has 1 N–H and O–H groups in total. The number of esters is 2. The Morgan fingerprint density at radius 3 is 1.73 bits per heavy atom. The molecule has 0 aliphatic carbocycles. The van der Waals surface area contributed by atoms with E-state index < -0.39 is 0 Å². The van der Waals surface area contributed by atoms with E-state index in [1.54, 1.807) is 56.7 Å². The molecule has 2 heterocycles. The van der Waals surface area contributed by atoms with Crippen molar-refractivity contribution in [3.8, 4) is 0 Å². The lowest BCUT2D eigenvalue weighted by atomic mass is 10.1. The molecule has 0 saturated heterocycles. The second-order valence-electron chi connectivity index (χ2n) is 7.75. The highest BCUT2D eigenvalue weighted by Crippen LogP contribution is 2.09. The van der Waals surface area contributed by atoms with Gasteiger partial charge in [0.05, 0.1) is 24.3 Å². The topological polar surface area (TPSA) is 99.1 Å². The molecule has 0 aliphatic heterocycles. The summed E-state index contributed by atoms with van der Waals surface area (Å²) in [5.74, 6) is 1.84. The minimum atomic E-state index is -0.288. The zero-order valence-corrected chi connectivity index (χ0v) is 22.4. The predicted octanol–water partition coefficient (Wildman–Crippen LogP) is 5.74. The van der Waals surface area contributed by atoms with Crippen LogP contribution in [0, 0.1) is 13.8 Å². The number of hydrogen-bond donors (Lipinski definition) is 1. The van der Waals surface area contributed by atoms with Crippen LogP contribution < -0.4 is 0 Å². The van der Waals surface area contributed by atoms with E-state index in [9.17, 15) is 9.59 Å². The molecule has 0 fully saturated rings.